The average molecular weight is 440 g/mol. The molecule has 23 heavy (non-hydrogen) atoms. The number of halogens is 1. The van der Waals surface area contributed by atoms with Gasteiger partial charge in [0.15, 0.2) is 0 Å². The summed E-state index contributed by atoms with van der Waals surface area (Å²) in [7, 11) is 0. The normalized spacial score (nSPS) is 11.5. The Morgan fingerprint density at radius 2 is 1.43 bits per heavy atom. The van der Waals surface area contributed by atoms with Gasteiger partial charge < -0.3 is 0 Å². The third kappa shape index (κ3) is 2.60. The number of aryl methyl sites for hydroxylation is 2. The molecule has 4 aromatic rings. The van der Waals surface area contributed by atoms with E-state index in [0.717, 1.165) is 13.9 Å². The summed E-state index contributed by atoms with van der Waals surface area (Å²) < 4.78 is 18.8. The van der Waals surface area contributed by atoms with Gasteiger partial charge in [-0.2, -0.15) is 0 Å². The van der Waals surface area contributed by atoms with E-state index >= 15 is 0 Å². The van der Waals surface area contributed by atoms with Crippen molar-refractivity contribution >= 4 is 48.8 Å². The van der Waals surface area contributed by atoms with Gasteiger partial charge in [0, 0.05) is 0 Å². The Labute approximate surface area is 142 Å². The van der Waals surface area contributed by atoms with Gasteiger partial charge in [0.25, 0.3) is 0 Å². The van der Waals surface area contributed by atoms with Gasteiger partial charge >= 0.3 is 142 Å². The van der Waals surface area contributed by atoms with Crippen molar-refractivity contribution in [3.63, 3.8) is 0 Å². The third-order valence-corrected chi connectivity index (χ3v) is 8.37. The van der Waals surface area contributed by atoms with E-state index in [1.165, 1.54) is 12.1 Å². The Kier molecular flexibility index (Phi) is 3.74. The SMILES string of the molecule is O=c1c2ccccc2[se]n1CCn1[se]c2ccc(F)cc2c1=O. The third-order valence-electron chi connectivity index (χ3n) is 3.67. The van der Waals surface area contributed by atoms with Crippen molar-refractivity contribution in [1.29, 1.82) is 0 Å². The Balaban J connectivity index is 1.68. The summed E-state index contributed by atoms with van der Waals surface area (Å²) in [5, 5.41) is 1.24. The Morgan fingerprint density at radius 3 is 2.13 bits per heavy atom. The summed E-state index contributed by atoms with van der Waals surface area (Å²) in [4.78, 5) is 24.7. The molecule has 0 bridgehead atoms. The van der Waals surface area contributed by atoms with Crippen LogP contribution >= 0.6 is 0 Å². The quantitative estimate of drug-likeness (QED) is 0.451. The first-order chi connectivity index (χ1) is 11.1. The van der Waals surface area contributed by atoms with E-state index in [-0.39, 0.29) is 46.4 Å². The predicted octanol–water partition coefficient (Wildman–Crippen LogP) is 1.27. The molecule has 0 amide bonds. The molecule has 4 nitrogen and oxygen atoms in total. The van der Waals surface area contributed by atoms with Gasteiger partial charge in [-0.05, 0) is 0 Å². The van der Waals surface area contributed by atoms with E-state index in [0.29, 0.717) is 18.5 Å². The molecule has 0 N–H and O–H groups in total. The predicted molar refractivity (Wildman–Crippen MR) is 90.3 cm³/mol. The summed E-state index contributed by atoms with van der Waals surface area (Å²) in [5.74, 6) is -0.386. The monoisotopic (exact) mass is 442 g/mol. The summed E-state index contributed by atoms with van der Waals surface area (Å²) in [6.45, 7) is 1.02. The van der Waals surface area contributed by atoms with E-state index in [1.54, 1.807) is 9.63 Å². The number of aromatic nitrogens is 2. The molecule has 0 saturated carbocycles. The Bertz CT molecular complexity index is 1140. The number of benzene rings is 2. The van der Waals surface area contributed by atoms with Crippen LogP contribution in [0.15, 0.2) is 52.1 Å². The summed E-state index contributed by atoms with van der Waals surface area (Å²) >= 11 is -0.162. The summed E-state index contributed by atoms with van der Waals surface area (Å²) in [6.07, 6.45) is 0. The molecule has 2 aromatic heterocycles. The minimum absolute atomic E-state index is 0.0254. The van der Waals surface area contributed by atoms with Gasteiger partial charge in [0.2, 0.25) is 0 Å². The Hall–Kier alpha value is -1.65. The first-order valence-electron chi connectivity index (χ1n) is 7.02. The fraction of sp³-hybridized carbons (Fsp3) is 0.125. The van der Waals surface area contributed by atoms with Gasteiger partial charge in [0.05, 0.1) is 0 Å². The average Bonchev–Trinajstić information content (AvgIpc) is 3.04. The molecule has 7 heteroatoms. The van der Waals surface area contributed by atoms with Crippen LogP contribution in [-0.2, 0) is 13.1 Å². The van der Waals surface area contributed by atoms with E-state index < -0.39 is 0 Å². The van der Waals surface area contributed by atoms with Crippen molar-refractivity contribution in [1.82, 2.24) is 7.12 Å². The zero-order valence-corrected chi connectivity index (χ0v) is 15.3. The second-order valence-corrected chi connectivity index (χ2v) is 9.59. The molecule has 0 spiro atoms. The molecule has 0 aliphatic rings. The molecule has 0 saturated heterocycles. The van der Waals surface area contributed by atoms with Crippen LogP contribution in [0.4, 0.5) is 4.39 Å². The standard InChI is InChI=1S/C16H11FN2O2Se2/c17-10-5-6-14-12(9-10)16(21)19(23-14)8-7-18-15(20)11-3-1-2-4-13(11)22-18/h1-6,9H,7-8H2. The van der Waals surface area contributed by atoms with Crippen LogP contribution in [0.25, 0.3) is 19.3 Å². The van der Waals surface area contributed by atoms with Crippen molar-refractivity contribution in [2.45, 2.75) is 13.1 Å². The van der Waals surface area contributed by atoms with Crippen molar-refractivity contribution in [2.75, 3.05) is 0 Å². The first kappa shape index (κ1) is 14.9. The molecule has 0 unspecified atom stereocenters. The van der Waals surface area contributed by atoms with Crippen LogP contribution in [0, 0.1) is 5.82 Å². The maximum atomic E-state index is 13.3. The minimum atomic E-state index is -0.386. The fourth-order valence-corrected chi connectivity index (χ4v) is 6.63. The van der Waals surface area contributed by atoms with Crippen LogP contribution in [0.1, 0.15) is 0 Å². The van der Waals surface area contributed by atoms with Gasteiger partial charge in [-0.25, -0.2) is 0 Å². The fourth-order valence-electron chi connectivity index (χ4n) is 2.54. The zero-order chi connectivity index (χ0) is 16.0. The van der Waals surface area contributed by atoms with Crippen molar-refractivity contribution in [3.8, 4) is 0 Å². The second-order valence-electron chi connectivity index (χ2n) is 5.13. The number of rotatable bonds is 3. The topological polar surface area (TPSA) is 44.0 Å². The summed E-state index contributed by atoms with van der Waals surface area (Å²) in [6, 6.07) is 12.0. The van der Waals surface area contributed by atoms with E-state index in [1.807, 2.05) is 27.8 Å². The van der Waals surface area contributed by atoms with E-state index in [9.17, 15) is 14.0 Å². The van der Waals surface area contributed by atoms with Crippen molar-refractivity contribution in [3.05, 3.63) is 69.0 Å². The van der Waals surface area contributed by atoms with Gasteiger partial charge in [-0.15, -0.1) is 0 Å². The maximum absolute atomic E-state index is 13.3. The molecule has 0 atom stereocenters. The van der Waals surface area contributed by atoms with E-state index in [4.69, 9.17) is 0 Å². The number of fused-ring (bicyclic) bond motifs is 2. The number of hydrogen-bond donors (Lipinski definition) is 0. The van der Waals surface area contributed by atoms with Crippen molar-refractivity contribution < 1.29 is 4.39 Å². The molecule has 0 fully saturated rings. The van der Waals surface area contributed by atoms with Gasteiger partial charge in [-0.3, -0.25) is 0 Å². The van der Waals surface area contributed by atoms with Crippen molar-refractivity contribution in [2.24, 2.45) is 0 Å². The molecule has 0 aliphatic heterocycles. The molecule has 0 radical (unpaired) electrons. The van der Waals surface area contributed by atoms with Crippen LogP contribution in [0.3, 0.4) is 0 Å². The molecular weight excluding hydrogens is 429 g/mol. The van der Waals surface area contributed by atoms with Crippen LogP contribution in [0.5, 0.6) is 0 Å². The molecule has 4 rings (SSSR count). The van der Waals surface area contributed by atoms with Gasteiger partial charge in [0.1, 0.15) is 0 Å². The summed E-state index contributed by atoms with van der Waals surface area (Å²) in [5.41, 5.74) is -0.0838. The second kappa shape index (κ2) is 5.77. The molecular formula is C16H11FN2O2Se2. The van der Waals surface area contributed by atoms with Crippen LogP contribution in [0.2, 0.25) is 0 Å². The molecule has 0 aliphatic carbocycles. The van der Waals surface area contributed by atoms with E-state index in [2.05, 4.69) is 0 Å². The number of hydrogen-bond acceptors (Lipinski definition) is 2. The Morgan fingerprint density at radius 1 is 0.826 bits per heavy atom. The zero-order valence-electron chi connectivity index (χ0n) is 11.9. The number of nitrogens with zero attached hydrogens (tertiary/aromatic N) is 2. The van der Waals surface area contributed by atoms with Crippen LogP contribution < -0.4 is 11.1 Å². The first-order valence-corrected chi connectivity index (χ1v) is 10.3. The van der Waals surface area contributed by atoms with Gasteiger partial charge in [-0.1, -0.05) is 0 Å². The molecule has 116 valence electrons. The van der Waals surface area contributed by atoms with Crippen LogP contribution in [-0.4, -0.2) is 36.6 Å². The molecule has 2 aromatic carbocycles. The molecule has 2 heterocycles.